The summed E-state index contributed by atoms with van der Waals surface area (Å²) in [7, 11) is 0. The van der Waals surface area contributed by atoms with Gasteiger partial charge in [-0.3, -0.25) is 0 Å². The number of nitrogens with one attached hydrogen (secondary N) is 2. The summed E-state index contributed by atoms with van der Waals surface area (Å²) in [6.07, 6.45) is 0. The van der Waals surface area contributed by atoms with Crippen molar-refractivity contribution in [2.24, 2.45) is 0 Å². The van der Waals surface area contributed by atoms with E-state index in [1.54, 1.807) is 11.8 Å². The average Bonchev–Trinajstić information content (AvgIpc) is 2.14. The normalized spacial score (nSPS) is 31.3. The van der Waals surface area contributed by atoms with Gasteiger partial charge < -0.3 is 10.5 Å². The van der Waals surface area contributed by atoms with Crippen LogP contribution in [0.1, 0.15) is 0 Å². The van der Waals surface area contributed by atoms with E-state index >= 15 is 0 Å². The molecule has 0 amide bonds. The molecule has 0 spiro atoms. The van der Waals surface area contributed by atoms with Crippen LogP contribution < -0.4 is 10.8 Å². The van der Waals surface area contributed by atoms with Gasteiger partial charge in [-0.1, -0.05) is 0 Å². The highest BCUT2D eigenvalue weighted by Crippen LogP contribution is 2.09. The van der Waals surface area contributed by atoms with Crippen LogP contribution in [-0.2, 0) is 0 Å². The van der Waals surface area contributed by atoms with Crippen molar-refractivity contribution < 1.29 is 5.21 Å². The van der Waals surface area contributed by atoms with Crippen LogP contribution in [0.5, 0.6) is 0 Å². The van der Waals surface area contributed by atoms with Crippen molar-refractivity contribution in [3.8, 4) is 0 Å². The van der Waals surface area contributed by atoms with Gasteiger partial charge in [0.2, 0.25) is 0 Å². The maximum absolute atomic E-state index is 8.26. The predicted molar refractivity (Wildman–Crippen MR) is 29.2 cm³/mol. The number of hydrogen-bond acceptors (Lipinski definition) is 4. The van der Waals surface area contributed by atoms with Gasteiger partial charge >= 0.3 is 0 Å². The van der Waals surface area contributed by atoms with Crippen molar-refractivity contribution >= 4 is 11.8 Å². The Bertz CT molecular complexity index is 54.9. The summed E-state index contributed by atoms with van der Waals surface area (Å²) >= 11 is 1.67. The first-order valence-corrected chi connectivity index (χ1v) is 3.20. The van der Waals surface area contributed by atoms with Crippen molar-refractivity contribution in [3.05, 3.63) is 0 Å². The Morgan fingerprint density at radius 3 is 3.00 bits per heavy atom. The minimum Gasteiger partial charge on any atom is -0.316 e. The Balaban J connectivity index is 2.14. The minimum atomic E-state index is 0.208. The first-order valence-electron chi connectivity index (χ1n) is 2.15. The maximum Gasteiger partial charge on any atom is 0.0909 e. The van der Waals surface area contributed by atoms with Gasteiger partial charge in [0.05, 0.1) is 5.37 Å². The van der Waals surface area contributed by atoms with E-state index in [-0.39, 0.29) is 5.37 Å². The molecular weight excluding hydrogens is 112 g/mol. The Morgan fingerprint density at radius 1 is 1.86 bits per heavy atom. The molecule has 0 radical (unpaired) electrons. The summed E-state index contributed by atoms with van der Waals surface area (Å²) in [6, 6.07) is 0. The quantitative estimate of drug-likeness (QED) is 0.411. The molecule has 0 aromatic heterocycles. The molecule has 42 valence electrons. The number of hydrogen-bond donors (Lipinski definition) is 3. The van der Waals surface area contributed by atoms with Gasteiger partial charge in [-0.05, 0) is 0 Å². The molecular formula is C3H8N2OS. The first kappa shape index (κ1) is 5.37. The highest BCUT2D eigenvalue weighted by Gasteiger charge is 2.11. The molecule has 0 bridgehead atoms. The van der Waals surface area contributed by atoms with Gasteiger partial charge in [-0.2, -0.15) is 5.48 Å². The van der Waals surface area contributed by atoms with Gasteiger partial charge in [0.1, 0.15) is 0 Å². The van der Waals surface area contributed by atoms with Crippen LogP contribution in [0, 0.1) is 0 Å². The highest BCUT2D eigenvalue weighted by molar-refractivity contribution is 8.00. The van der Waals surface area contributed by atoms with E-state index in [0.717, 1.165) is 12.4 Å². The van der Waals surface area contributed by atoms with E-state index in [1.165, 1.54) is 0 Å². The molecule has 0 aromatic rings. The fourth-order valence-electron chi connectivity index (χ4n) is 0.491. The zero-order valence-corrected chi connectivity index (χ0v) is 4.66. The highest BCUT2D eigenvalue weighted by atomic mass is 32.2. The fourth-order valence-corrected chi connectivity index (χ4v) is 1.24. The van der Waals surface area contributed by atoms with E-state index in [0.29, 0.717) is 0 Å². The average molecular weight is 120 g/mol. The Morgan fingerprint density at radius 2 is 2.71 bits per heavy atom. The third-order valence-corrected chi connectivity index (χ3v) is 1.91. The Hall–Kier alpha value is 0.230. The van der Waals surface area contributed by atoms with E-state index in [4.69, 9.17) is 5.21 Å². The van der Waals surface area contributed by atoms with Crippen LogP contribution in [0.2, 0.25) is 0 Å². The molecule has 1 saturated heterocycles. The van der Waals surface area contributed by atoms with Crippen molar-refractivity contribution in [1.29, 1.82) is 0 Å². The molecule has 0 aliphatic carbocycles. The van der Waals surface area contributed by atoms with Gasteiger partial charge in [0, 0.05) is 12.4 Å². The second kappa shape index (κ2) is 2.52. The maximum atomic E-state index is 8.26. The van der Waals surface area contributed by atoms with Gasteiger partial charge in [-0.25, -0.2) is 0 Å². The van der Waals surface area contributed by atoms with Gasteiger partial charge in [0.25, 0.3) is 0 Å². The molecule has 0 saturated carbocycles. The SMILES string of the molecule is ONC1CNCS1. The monoisotopic (exact) mass is 120 g/mol. The summed E-state index contributed by atoms with van der Waals surface area (Å²) in [5, 5.41) is 11.5. The molecule has 4 heteroatoms. The van der Waals surface area contributed by atoms with Crippen molar-refractivity contribution in [2.45, 2.75) is 5.37 Å². The molecule has 3 nitrogen and oxygen atoms in total. The van der Waals surface area contributed by atoms with Crippen molar-refractivity contribution in [2.75, 3.05) is 12.4 Å². The topological polar surface area (TPSA) is 44.3 Å². The van der Waals surface area contributed by atoms with E-state index in [1.807, 2.05) is 0 Å². The molecule has 1 atom stereocenters. The number of rotatable bonds is 1. The van der Waals surface area contributed by atoms with Crippen molar-refractivity contribution in [1.82, 2.24) is 10.8 Å². The third kappa shape index (κ3) is 1.31. The van der Waals surface area contributed by atoms with E-state index in [2.05, 4.69) is 10.8 Å². The van der Waals surface area contributed by atoms with E-state index < -0.39 is 0 Å². The minimum absolute atomic E-state index is 0.208. The molecule has 1 aliphatic heterocycles. The van der Waals surface area contributed by atoms with Crippen LogP contribution >= 0.6 is 11.8 Å². The molecule has 1 heterocycles. The van der Waals surface area contributed by atoms with Crippen LogP contribution in [0.4, 0.5) is 0 Å². The smallest absolute Gasteiger partial charge is 0.0909 e. The first-order chi connectivity index (χ1) is 3.43. The summed E-state index contributed by atoms with van der Waals surface area (Å²) in [5.41, 5.74) is 2.16. The summed E-state index contributed by atoms with van der Waals surface area (Å²) < 4.78 is 0. The summed E-state index contributed by atoms with van der Waals surface area (Å²) in [4.78, 5) is 0. The van der Waals surface area contributed by atoms with Crippen LogP contribution in [0.15, 0.2) is 0 Å². The van der Waals surface area contributed by atoms with Crippen LogP contribution in [0.25, 0.3) is 0 Å². The number of hydroxylamine groups is 1. The standard InChI is InChI=1S/C3H8N2OS/c6-5-3-1-4-2-7-3/h3-6H,1-2H2. The second-order valence-electron chi connectivity index (χ2n) is 1.38. The molecule has 0 aromatic carbocycles. The zero-order chi connectivity index (χ0) is 5.11. The molecule has 7 heavy (non-hydrogen) atoms. The van der Waals surface area contributed by atoms with Crippen LogP contribution in [0.3, 0.4) is 0 Å². The van der Waals surface area contributed by atoms with Crippen molar-refractivity contribution in [3.63, 3.8) is 0 Å². The Labute approximate surface area is 46.4 Å². The lowest BCUT2D eigenvalue weighted by Crippen LogP contribution is -2.25. The second-order valence-corrected chi connectivity index (χ2v) is 2.57. The lowest BCUT2D eigenvalue weighted by molar-refractivity contribution is 0.159. The third-order valence-electron chi connectivity index (χ3n) is 0.860. The molecule has 1 fully saturated rings. The van der Waals surface area contributed by atoms with E-state index in [9.17, 15) is 0 Å². The van der Waals surface area contributed by atoms with Crippen LogP contribution in [-0.4, -0.2) is 23.0 Å². The lowest BCUT2D eigenvalue weighted by atomic mass is 10.7. The van der Waals surface area contributed by atoms with Gasteiger partial charge in [0.15, 0.2) is 0 Å². The fraction of sp³-hybridized carbons (Fsp3) is 1.00. The largest absolute Gasteiger partial charge is 0.316 e. The molecule has 3 N–H and O–H groups in total. The summed E-state index contributed by atoms with van der Waals surface area (Å²) in [5.74, 6) is 0.943. The molecule has 1 rings (SSSR count). The lowest BCUT2D eigenvalue weighted by Gasteiger charge is -1.99. The Kier molecular flexibility index (Phi) is 1.93. The molecule has 1 aliphatic rings. The summed E-state index contributed by atoms with van der Waals surface area (Å²) in [6.45, 7) is 0.862. The zero-order valence-electron chi connectivity index (χ0n) is 3.85. The number of thioether (sulfide) groups is 1. The molecule has 1 unspecified atom stereocenters. The van der Waals surface area contributed by atoms with Gasteiger partial charge in [-0.15, -0.1) is 11.8 Å². The predicted octanol–water partition coefficient (Wildman–Crippen LogP) is -0.415.